The van der Waals surface area contributed by atoms with Crippen LogP contribution in [-0.4, -0.2) is 19.7 Å². The lowest BCUT2D eigenvalue weighted by molar-refractivity contribution is -0.141. The van der Waals surface area contributed by atoms with Crippen LogP contribution in [0.5, 0.6) is 0 Å². The maximum atomic E-state index is 13.1. The third-order valence-corrected chi connectivity index (χ3v) is 5.36. The van der Waals surface area contributed by atoms with Crippen molar-refractivity contribution in [1.82, 2.24) is 19.7 Å². The minimum atomic E-state index is -4.57. The van der Waals surface area contributed by atoms with E-state index in [1.54, 1.807) is 36.4 Å². The summed E-state index contributed by atoms with van der Waals surface area (Å²) in [5, 5.41) is 3.55. The first kappa shape index (κ1) is 23.5. The maximum absolute atomic E-state index is 13.1. The summed E-state index contributed by atoms with van der Waals surface area (Å²) in [4.78, 5) is 9.05. The van der Waals surface area contributed by atoms with Gasteiger partial charge in [0.15, 0.2) is 11.5 Å². The van der Waals surface area contributed by atoms with Crippen molar-refractivity contribution in [1.29, 1.82) is 0 Å². The van der Waals surface area contributed by atoms with Crippen LogP contribution in [0.25, 0.3) is 17.1 Å². The van der Waals surface area contributed by atoms with Gasteiger partial charge in [0.2, 0.25) is 0 Å². The molecule has 0 aliphatic carbocycles. The number of pyridine rings is 2. The van der Waals surface area contributed by atoms with E-state index in [1.165, 1.54) is 18.3 Å². The van der Waals surface area contributed by atoms with Crippen molar-refractivity contribution in [3.63, 3.8) is 0 Å². The van der Waals surface area contributed by atoms with E-state index in [2.05, 4.69) is 15.1 Å². The molecule has 0 saturated heterocycles. The fourth-order valence-electron chi connectivity index (χ4n) is 3.43. The number of nitrogens with zero attached hydrogens (tertiary/aromatic N) is 4. The third-order valence-electron chi connectivity index (χ3n) is 5.36. The van der Waals surface area contributed by atoms with Gasteiger partial charge in [-0.15, -0.1) is 0 Å². The summed E-state index contributed by atoms with van der Waals surface area (Å²) in [6, 6.07) is 15.7. The second-order valence-corrected chi connectivity index (χ2v) is 8.14. The highest BCUT2D eigenvalue weighted by Gasteiger charge is 2.34. The first-order valence-corrected chi connectivity index (χ1v) is 10.1. The van der Waals surface area contributed by atoms with E-state index in [0.717, 1.165) is 22.9 Å². The summed E-state index contributed by atoms with van der Waals surface area (Å²) in [7, 11) is 0. The SMILES string of the molecule is CC(C)(c1cccc(-c2cccc(C(F)(F)F)c2)n1)c1cccc(-n2ccc(C(F)(F)F)n2)n1. The van der Waals surface area contributed by atoms with E-state index in [4.69, 9.17) is 0 Å². The van der Waals surface area contributed by atoms with Crippen LogP contribution in [0.3, 0.4) is 0 Å². The van der Waals surface area contributed by atoms with E-state index in [9.17, 15) is 26.3 Å². The predicted molar refractivity (Wildman–Crippen MR) is 113 cm³/mol. The molecule has 0 aliphatic heterocycles. The van der Waals surface area contributed by atoms with Crippen molar-refractivity contribution < 1.29 is 26.3 Å². The van der Waals surface area contributed by atoms with Gasteiger partial charge in [-0.3, -0.25) is 4.98 Å². The van der Waals surface area contributed by atoms with Gasteiger partial charge in [0.1, 0.15) is 0 Å². The van der Waals surface area contributed by atoms with Gasteiger partial charge in [0, 0.05) is 17.2 Å². The fraction of sp³-hybridized carbons (Fsp3) is 0.208. The lowest BCUT2D eigenvalue weighted by atomic mass is 9.84. The Hall–Kier alpha value is -3.69. The van der Waals surface area contributed by atoms with Crippen molar-refractivity contribution in [3.05, 3.63) is 95.6 Å². The largest absolute Gasteiger partial charge is 0.435 e. The molecule has 0 atom stereocenters. The van der Waals surface area contributed by atoms with Crippen LogP contribution in [0.1, 0.15) is 36.5 Å². The highest BCUT2D eigenvalue weighted by Crippen LogP contribution is 2.34. The van der Waals surface area contributed by atoms with Gasteiger partial charge in [0.05, 0.1) is 22.6 Å². The highest BCUT2D eigenvalue weighted by molar-refractivity contribution is 5.61. The summed E-state index contributed by atoms with van der Waals surface area (Å²) in [6.07, 6.45) is -7.87. The average molecular weight is 476 g/mol. The molecule has 0 bridgehead atoms. The summed E-state index contributed by atoms with van der Waals surface area (Å²) < 4.78 is 79.1. The van der Waals surface area contributed by atoms with Crippen LogP contribution in [0.4, 0.5) is 26.3 Å². The third kappa shape index (κ3) is 4.66. The molecule has 4 aromatic rings. The van der Waals surface area contributed by atoms with Gasteiger partial charge < -0.3 is 0 Å². The highest BCUT2D eigenvalue weighted by atomic mass is 19.4. The first-order chi connectivity index (χ1) is 15.9. The molecule has 0 unspecified atom stereocenters. The topological polar surface area (TPSA) is 43.6 Å². The summed E-state index contributed by atoms with van der Waals surface area (Å²) in [5.41, 5.74) is -0.919. The lowest BCUT2D eigenvalue weighted by Gasteiger charge is -2.24. The van der Waals surface area contributed by atoms with E-state index in [1.807, 2.05) is 13.8 Å². The van der Waals surface area contributed by atoms with Gasteiger partial charge in [-0.05, 0) is 56.3 Å². The Morgan fingerprint density at radius 3 is 1.97 bits per heavy atom. The number of halogens is 6. The zero-order chi connectivity index (χ0) is 24.7. The Bertz CT molecular complexity index is 1320. The Labute approximate surface area is 190 Å². The minimum absolute atomic E-state index is 0.190. The molecule has 0 amide bonds. The molecule has 0 aliphatic rings. The summed E-state index contributed by atoms with van der Waals surface area (Å²) in [5.74, 6) is 0.190. The minimum Gasteiger partial charge on any atom is -0.252 e. The fourth-order valence-corrected chi connectivity index (χ4v) is 3.43. The molecule has 4 nitrogen and oxygen atoms in total. The molecule has 0 saturated carbocycles. The second kappa shape index (κ2) is 8.27. The predicted octanol–water partition coefficient (Wildman–Crippen LogP) is 6.69. The van der Waals surface area contributed by atoms with E-state index >= 15 is 0 Å². The average Bonchev–Trinajstić information content (AvgIpc) is 3.30. The quantitative estimate of drug-likeness (QED) is 0.308. The summed E-state index contributed by atoms with van der Waals surface area (Å²) in [6.45, 7) is 3.64. The van der Waals surface area contributed by atoms with Gasteiger partial charge in [-0.2, -0.15) is 31.4 Å². The zero-order valence-corrected chi connectivity index (χ0v) is 18.0. The number of alkyl halides is 6. The number of hydrogen-bond donors (Lipinski definition) is 0. The van der Waals surface area contributed by atoms with Crippen LogP contribution >= 0.6 is 0 Å². The van der Waals surface area contributed by atoms with E-state index < -0.39 is 29.0 Å². The van der Waals surface area contributed by atoms with Crippen molar-refractivity contribution in [2.75, 3.05) is 0 Å². The molecular weight excluding hydrogens is 458 g/mol. The van der Waals surface area contributed by atoms with Crippen molar-refractivity contribution in [2.24, 2.45) is 0 Å². The van der Waals surface area contributed by atoms with Gasteiger partial charge in [0.25, 0.3) is 0 Å². The molecule has 4 rings (SSSR count). The summed E-state index contributed by atoms with van der Waals surface area (Å²) >= 11 is 0. The number of benzene rings is 1. The van der Waals surface area contributed by atoms with Crippen molar-refractivity contribution in [2.45, 2.75) is 31.6 Å². The number of rotatable bonds is 4. The molecule has 176 valence electrons. The monoisotopic (exact) mass is 476 g/mol. The Balaban J connectivity index is 1.70. The standard InChI is InChI=1S/C24H18F6N4/c1-22(2,19-10-5-11-21(32-19)34-13-12-20(33-34)24(28,29)30)18-9-4-8-17(31-18)15-6-3-7-16(14-15)23(25,26)27/h3-14H,1-2H3. The molecule has 0 fully saturated rings. The van der Waals surface area contributed by atoms with Crippen LogP contribution < -0.4 is 0 Å². The molecule has 1 aromatic carbocycles. The Kier molecular flexibility index (Phi) is 5.71. The first-order valence-electron chi connectivity index (χ1n) is 10.1. The Morgan fingerprint density at radius 1 is 0.676 bits per heavy atom. The van der Waals surface area contributed by atoms with Crippen LogP contribution in [-0.2, 0) is 17.8 Å². The molecule has 0 spiro atoms. The molecule has 3 heterocycles. The van der Waals surface area contributed by atoms with E-state index in [0.29, 0.717) is 22.6 Å². The molecule has 3 aromatic heterocycles. The van der Waals surface area contributed by atoms with Crippen LogP contribution in [0, 0.1) is 0 Å². The molecular formula is C24H18F6N4. The smallest absolute Gasteiger partial charge is 0.252 e. The van der Waals surface area contributed by atoms with Crippen molar-refractivity contribution >= 4 is 0 Å². The molecule has 10 heteroatoms. The second-order valence-electron chi connectivity index (χ2n) is 8.14. The maximum Gasteiger partial charge on any atom is 0.435 e. The Morgan fingerprint density at radius 2 is 1.32 bits per heavy atom. The normalized spacial score (nSPS) is 12.7. The molecule has 0 radical (unpaired) electrons. The number of hydrogen-bond acceptors (Lipinski definition) is 3. The van der Waals surface area contributed by atoms with Crippen LogP contribution in [0.15, 0.2) is 72.9 Å². The van der Waals surface area contributed by atoms with Gasteiger partial charge in [-0.25, -0.2) is 9.67 Å². The van der Waals surface area contributed by atoms with Crippen LogP contribution in [0.2, 0.25) is 0 Å². The van der Waals surface area contributed by atoms with Gasteiger partial charge >= 0.3 is 12.4 Å². The molecule has 34 heavy (non-hydrogen) atoms. The number of aromatic nitrogens is 4. The lowest BCUT2D eigenvalue weighted by Crippen LogP contribution is -2.23. The zero-order valence-electron chi connectivity index (χ0n) is 18.0. The van der Waals surface area contributed by atoms with E-state index in [-0.39, 0.29) is 5.82 Å². The van der Waals surface area contributed by atoms with Gasteiger partial charge in [-0.1, -0.05) is 24.3 Å². The molecule has 0 N–H and O–H groups in total. The van der Waals surface area contributed by atoms with Crippen molar-refractivity contribution in [3.8, 4) is 17.1 Å².